The molecule has 0 radical (unpaired) electrons. The first-order valence-corrected chi connectivity index (χ1v) is 12.6. The van der Waals surface area contributed by atoms with Crippen molar-refractivity contribution in [3.8, 4) is 5.75 Å². The summed E-state index contributed by atoms with van der Waals surface area (Å²) in [7, 11) is 1.82. The van der Waals surface area contributed by atoms with Crippen molar-refractivity contribution in [3.05, 3.63) is 83.7 Å². The largest absolute Gasteiger partial charge is 0.490 e. The number of hydrogen-bond acceptors (Lipinski definition) is 5. The molecule has 190 valence electrons. The lowest BCUT2D eigenvalue weighted by Crippen LogP contribution is -2.49. The van der Waals surface area contributed by atoms with E-state index in [2.05, 4.69) is 19.0 Å². The fourth-order valence-corrected chi connectivity index (χ4v) is 4.63. The number of hydrogen-bond donors (Lipinski definition) is 0. The first-order chi connectivity index (χ1) is 17.4. The number of rotatable bonds is 9. The van der Waals surface area contributed by atoms with E-state index in [1.165, 1.54) is 0 Å². The molecule has 0 bridgehead atoms. The molecule has 2 amide bonds. The summed E-state index contributed by atoms with van der Waals surface area (Å²) in [6, 6.07) is 21.3. The highest BCUT2D eigenvalue weighted by molar-refractivity contribution is 5.91. The van der Waals surface area contributed by atoms with Crippen LogP contribution in [0.4, 0.5) is 0 Å². The maximum Gasteiger partial charge on any atom is 0.292 e. The van der Waals surface area contributed by atoms with Gasteiger partial charge in [0.05, 0.1) is 5.69 Å². The average molecular weight is 490 g/mol. The number of piperidine rings is 1. The molecule has 1 aromatic heterocycles. The zero-order valence-corrected chi connectivity index (χ0v) is 21.3. The van der Waals surface area contributed by atoms with Crippen molar-refractivity contribution in [2.75, 3.05) is 20.1 Å². The molecule has 1 aliphatic rings. The predicted octanol–water partition coefficient (Wildman–Crippen LogP) is 4.83. The summed E-state index contributed by atoms with van der Waals surface area (Å²) in [4.78, 5) is 29.9. The SMILES string of the molecule is CC(C)Cc1cc(C(=O)N2CC[C@H](Oc3ccccc3)[C@@H](CC(=O)N(C)Cc3ccccc3)C2)on1. The zero-order valence-electron chi connectivity index (χ0n) is 21.3. The van der Waals surface area contributed by atoms with Gasteiger partial charge in [-0.2, -0.15) is 0 Å². The van der Waals surface area contributed by atoms with E-state index < -0.39 is 0 Å². The van der Waals surface area contributed by atoms with Gasteiger partial charge in [-0.3, -0.25) is 9.59 Å². The Labute approximate surface area is 213 Å². The molecule has 7 nitrogen and oxygen atoms in total. The standard InChI is InChI=1S/C29H35N3O4/c1-21(2)16-24-18-27(36-30-24)29(34)32-15-14-26(35-25-12-8-5-9-13-25)23(20-32)17-28(33)31(3)19-22-10-6-4-7-11-22/h4-13,18,21,23,26H,14-17,19-20H2,1-3H3/t23-,26-/m0/s1. The lowest BCUT2D eigenvalue weighted by Gasteiger charge is -2.38. The number of amides is 2. The van der Waals surface area contributed by atoms with E-state index >= 15 is 0 Å². The number of ether oxygens (including phenoxy) is 1. The third-order valence-electron chi connectivity index (χ3n) is 6.49. The van der Waals surface area contributed by atoms with Crippen LogP contribution in [0, 0.1) is 11.8 Å². The second kappa shape index (κ2) is 11.9. The Morgan fingerprint density at radius 3 is 2.50 bits per heavy atom. The predicted molar refractivity (Wildman–Crippen MR) is 137 cm³/mol. The zero-order chi connectivity index (χ0) is 25.5. The molecule has 0 aliphatic carbocycles. The third kappa shape index (κ3) is 6.74. The number of carbonyl (C=O) groups excluding carboxylic acids is 2. The number of carbonyl (C=O) groups is 2. The van der Waals surface area contributed by atoms with Gasteiger partial charge in [-0.15, -0.1) is 0 Å². The topological polar surface area (TPSA) is 75.9 Å². The molecule has 0 saturated carbocycles. The summed E-state index contributed by atoms with van der Waals surface area (Å²) in [5.74, 6) is 1.13. The van der Waals surface area contributed by atoms with Gasteiger partial charge in [-0.05, 0) is 30.0 Å². The molecule has 7 heteroatoms. The Bertz CT molecular complexity index is 1130. The van der Waals surface area contributed by atoms with Crippen LogP contribution in [0.2, 0.25) is 0 Å². The highest BCUT2D eigenvalue weighted by Crippen LogP contribution is 2.27. The van der Waals surface area contributed by atoms with Crippen LogP contribution in [-0.4, -0.2) is 53.0 Å². The number of para-hydroxylation sites is 1. The minimum absolute atomic E-state index is 0.0266. The van der Waals surface area contributed by atoms with E-state index in [1.807, 2.05) is 67.7 Å². The molecule has 4 rings (SSSR count). The van der Waals surface area contributed by atoms with Crippen molar-refractivity contribution < 1.29 is 18.8 Å². The summed E-state index contributed by atoms with van der Waals surface area (Å²) in [6.45, 7) is 5.69. The van der Waals surface area contributed by atoms with E-state index in [9.17, 15) is 9.59 Å². The summed E-state index contributed by atoms with van der Waals surface area (Å²) in [5.41, 5.74) is 1.86. The van der Waals surface area contributed by atoms with Crippen LogP contribution in [0.15, 0.2) is 71.3 Å². The normalized spacial score (nSPS) is 17.7. The molecule has 0 N–H and O–H groups in total. The van der Waals surface area contributed by atoms with Crippen LogP contribution in [0.1, 0.15) is 48.5 Å². The van der Waals surface area contributed by atoms with Gasteiger partial charge in [0.2, 0.25) is 11.7 Å². The van der Waals surface area contributed by atoms with E-state index in [4.69, 9.17) is 9.26 Å². The van der Waals surface area contributed by atoms with Crippen LogP contribution < -0.4 is 4.74 Å². The Hall–Kier alpha value is -3.61. The molecule has 2 atom stereocenters. The van der Waals surface area contributed by atoms with Gasteiger partial charge in [0.1, 0.15) is 11.9 Å². The highest BCUT2D eigenvalue weighted by Gasteiger charge is 2.36. The van der Waals surface area contributed by atoms with Crippen molar-refractivity contribution >= 4 is 11.8 Å². The van der Waals surface area contributed by atoms with Crippen molar-refractivity contribution in [1.29, 1.82) is 0 Å². The molecule has 3 aromatic rings. The third-order valence-corrected chi connectivity index (χ3v) is 6.49. The minimum Gasteiger partial charge on any atom is -0.490 e. The van der Waals surface area contributed by atoms with Crippen LogP contribution in [0.25, 0.3) is 0 Å². The summed E-state index contributed by atoms with van der Waals surface area (Å²) >= 11 is 0. The summed E-state index contributed by atoms with van der Waals surface area (Å²) < 4.78 is 11.7. The van der Waals surface area contributed by atoms with Crippen LogP contribution in [-0.2, 0) is 17.8 Å². The van der Waals surface area contributed by atoms with Gasteiger partial charge in [0.25, 0.3) is 5.91 Å². The fraction of sp³-hybridized carbons (Fsp3) is 0.414. The number of aromatic nitrogens is 1. The van der Waals surface area contributed by atoms with Crippen LogP contribution in [0.5, 0.6) is 5.75 Å². The maximum atomic E-state index is 13.2. The smallest absolute Gasteiger partial charge is 0.292 e. The molecule has 0 unspecified atom stereocenters. The van der Waals surface area contributed by atoms with E-state index in [-0.39, 0.29) is 29.6 Å². The van der Waals surface area contributed by atoms with Gasteiger partial charge in [-0.25, -0.2) is 0 Å². The second-order valence-corrected chi connectivity index (χ2v) is 9.99. The lowest BCUT2D eigenvalue weighted by molar-refractivity contribution is -0.133. The fourth-order valence-electron chi connectivity index (χ4n) is 4.63. The van der Waals surface area contributed by atoms with Crippen molar-refractivity contribution in [1.82, 2.24) is 15.0 Å². The van der Waals surface area contributed by atoms with Gasteiger partial charge >= 0.3 is 0 Å². The molecule has 1 fully saturated rings. The minimum atomic E-state index is -0.189. The quantitative estimate of drug-likeness (QED) is 0.430. The summed E-state index contributed by atoms with van der Waals surface area (Å²) in [6.07, 6.45) is 1.51. The molecular weight excluding hydrogens is 454 g/mol. The number of nitrogens with zero attached hydrogens (tertiary/aromatic N) is 3. The van der Waals surface area contributed by atoms with Crippen molar-refractivity contribution in [2.45, 2.75) is 45.8 Å². The monoisotopic (exact) mass is 489 g/mol. The highest BCUT2D eigenvalue weighted by atomic mass is 16.5. The average Bonchev–Trinajstić information content (AvgIpc) is 3.33. The summed E-state index contributed by atoms with van der Waals surface area (Å²) in [5, 5.41) is 4.07. The molecule has 0 spiro atoms. The molecule has 1 aliphatic heterocycles. The number of likely N-dealkylation sites (tertiary alicyclic amines) is 1. The van der Waals surface area contributed by atoms with E-state index in [0.29, 0.717) is 38.4 Å². The van der Waals surface area contributed by atoms with Crippen LogP contribution in [0.3, 0.4) is 0 Å². The Kier molecular flexibility index (Phi) is 8.41. The molecular formula is C29H35N3O4. The molecule has 36 heavy (non-hydrogen) atoms. The van der Waals surface area contributed by atoms with Gasteiger partial charge in [0, 0.05) is 51.5 Å². The van der Waals surface area contributed by atoms with Gasteiger partial charge in [-0.1, -0.05) is 67.5 Å². The molecule has 1 saturated heterocycles. The second-order valence-electron chi connectivity index (χ2n) is 9.99. The van der Waals surface area contributed by atoms with Crippen LogP contribution >= 0.6 is 0 Å². The van der Waals surface area contributed by atoms with Crippen molar-refractivity contribution in [2.24, 2.45) is 11.8 Å². The Morgan fingerprint density at radius 1 is 1.11 bits per heavy atom. The van der Waals surface area contributed by atoms with Gasteiger partial charge < -0.3 is 19.1 Å². The van der Waals surface area contributed by atoms with E-state index in [0.717, 1.165) is 23.4 Å². The van der Waals surface area contributed by atoms with Crippen molar-refractivity contribution in [3.63, 3.8) is 0 Å². The maximum absolute atomic E-state index is 13.2. The first-order valence-electron chi connectivity index (χ1n) is 12.6. The Balaban J connectivity index is 1.46. The number of benzene rings is 2. The van der Waals surface area contributed by atoms with E-state index in [1.54, 1.807) is 15.9 Å². The molecule has 2 heterocycles. The van der Waals surface area contributed by atoms with Gasteiger partial charge in [0.15, 0.2) is 0 Å². The Morgan fingerprint density at radius 2 is 1.81 bits per heavy atom. The lowest BCUT2D eigenvalue weighted by atomic mass is 9.90. The first kappa shape index (κ1) is 25.5. The molecule has 2 aromatic carbocycles.